The minimum atomic E-state index is -0.397. The van der Waals surface area contributed by atoms with Crippen LogP contribution in [0, 0.1) is 0 Å². The van der Waals surface area contributed by atoms with E-state index in [0.717, 1.165) is 15.6 Å². The van der Waals surface area contributed by atoms with E-state index in [4.69, 9.17) is 18.9 Å². The molecule has 94 valence electrons. The van der Waals surface area contributed by atoms with Crippen LogP contribution in [-0.4, -0.2) is 27.4 Å². The molecule has 0 aliphatic carbocycles. The highest BCUT2D eigenvalue weighted by Gasteiger charge is 2.24. The molecular weight excluding hydrogens is 288 g/mol. The van der Waals surface area contributed by atoms with Gasteiger partial charge in [0.05, 0.1) is 13.2 Å². The number of halogens is 1. The summed E-state index contributed by atoms with van der Waals surface area (Å²) in [6.45, 7) is 1.25. The highest BCUT2D eigenvalue weighted by molar-refractivity contribution is 9.10. The van der Waals surface area contributed by atoms with Crippen LogP contribution in [0.4, 0.5) is 0 Å². The molecule has 0 saturated carbocycles. The fourth-order valence-electron chi connectivity index (χ4n) is 1.82. The first-order chi connectivity index (χ1) is 8.27. The first-order valence-corrected chi connectivity index (χ1v) is 6.14. The molecule has 1 heterocycles. The second-order valence-corrected chi connectivity index (χ2v) is 4.42. The SMILES string of the molecule is COC(OC)c1cccc(C2OCCO2)c1Br. The monoisotopic (exact) mass is 302 g/mol. The summed E-state index contributed by atoms with van der Waals surface area (Å²) in [4.78, 5) is 0. The van der Waals surface area contributed by atoms with Crippen molar-refractivity contribution >= 4 is 15.9 Å². The first kappa shape index (κ1) is 13.0. The molecule has 0 bridgehead atoms. The van der Waals surface area contributed by atoms with Crippen molar-refractivity contribution in [2.45, 2.75) is 12.6 Å². The first-order valence-electron chi connectivity index (χ1n) is 5.35. The lowest BCUT2D eigenvalue weighted by Crippen LogP contribution is -2.07. The molecule has 1 aliphatic rings. The van der Waals surface area contributed by atoms with Crippen molar-refractivity contribution in [1.29, 1.82) is 0 Å². The van der Waals surface area contributed by atoms with Gasteiger partial charge in [-0.3, -0.25) is 0 Å². The largest absolute Gasteiger partial charge is 0.352 e. The van der Waals surface area contributed by atoms with Gasteiger partial charge in [0.15, 0.2) is 12.6 Å². The molecular formula is C12H15BrO4. The maximum absolute atomic E-state index is 5.49. The van der Waals surface area contributed by atoms with E-state index in [1.807, 2.05) is 18.2 Å². The van der Waals surface area contributed by atoms with Crippen molar-refractivity contribution in [3.8, 4) is 0 Å². The van der Waals surface area contributed by atoms with Crippen LogP contribution in [0.15, 0.2) is 22.7 Å². The lowest BCUT2D eigenvalue weighted by atomic mass is 10.1. The molecule has 17 heavy (non-hydrogen) atoms. The summed E-state index contributed by atoms with van der Waals surface area (Å²) in [5, 5.41) is 0. The third-order valence-electron chi connectivity index (χ3n) is 2.62. The Morgan fingerprint density at radius 3 is 2.47 bits per heavy atom. The van der Waals surface area contributed by atoms with Crippen LogP contribution in [0.25, 0.3) is 0 Å². The number of rotatable bonds is 4. The smallest absolute Gasteiger partial charge is 0.185 e. The maximum Gasteiger partial charge on any atom is 0.185 e. The molecule has 1 saturated heterocycles. The van der Waals surface area contributed by atoms with Gasteiger partial charge in [0.1, 0.15) is 0 Å². The Balaban J connectivity index is 2.31. The average Bonchev–Trinajstić information content (AvgIpc) is 2.86. The molecule has 5 heteroatoms. The minimum absolute atomic E-state index is 0.307. The molecule has 1 aliphatic heterocycles. The van der Waals surface area contributed by atoms with Gasteiger partial charge in [-0.1, -0.05) is 18.2 Å². The van der Waals surface area contributed by atoms with E-state index in [-0.39, 0.29) is 6.29 Å². The van der Waals surface area contributed by atoms with E-state index in [1.165, 1.54) is 0 Å². The highest BCUT2D eigenvalue weighted by atomic mass is 79.9. The second kappa shape index (κ2) is 5.93. The topological polar surface area (TPSA) is 36.9 Å². The number of methoxy groups -OCH3 is 2. The quantitative estimate of drug-likeness (QED) is 0.802. The molecule has 2 rings (SSSR count). The number of hydrogen-bond acceptors (Lipinski definition) is 4. The normalized spacial score (nSPS) is 16.9. The lowest BCUT2D eigenvalue weighted by Gasteiger charge is -2.19. The standard InChI is InChI=1S/C12H15BrO4/c1-14-11(15-2)8-4-3-5-9(10(8)13)12-16-6-7-17-12/h3-5,11-12H,6-7H2,1-2H3. The van der Waals surface area contributed by atoms with Gasteiger partial charge in [-0.2, -0.15) is 0 Å². The zero-order chi connectivity index (χ0) is 12.3. The van der Waals surface area contributed by atoms with Gasteiger partial charge in [0.2, 0.25) is 0 Å². The molecule has 1 fully saturated rings. The van der Waals surface area contributed by atoms with Gasteiger partial charge >= 0.3 is 0 Å². The van der Waals surface area contributed by atoms with Crippen molar-refractivity contribution in [2.24, 2.45) is 0 Å². The molecule has 0 radical (unpaired) electrons. The van der Waals surface area contributed by atoms with E-state index >= 15 is 0 Å². The summed E-state index contributed by atoms with van der Waals surface area (Å²) >= 11 is 3.55. The summed E-state index contributed by atoms with van der Waals surface area (Å²) in [5.74, 6) is 0. The van der Waals surface area contributed by atoms with Gasteiger partial charge < -0.3 is 18.9 Å². The summed E-state index contributed by atoms with van der Waals surface area (Å²) in [7, 11) is 3.21. The molecule has 0 N–H and O–H groups in total. The fourth-order valence-corrected chi connectivity index (χ4v) is 2.46. The van der Waals surface area contributed by atoms with Crippen molar-refractivity contribution in [1.82, 2.24) is 0 Å². The van der Waals surface area contributed by atoms with E-state index in [9.17, 15) is 0 Å². The summed E-state index contributed by atoms with van der Waals surface area (Å²) in [6, 6.07) is 5.84. The summed E-state index contributed by atoms with van der Waals surface area (Å²) < 4.78 is 22.4. The number of hydrogen-bond donors (Lipinski definition) is 0. The lowest BCUT2D eigenvalue weighted by molar-refractivity contribution is -0.106. The van der Waals surface area contributed by atoms with E-state index < -0.39 is 6.29 Å². The molecule has 0 spiro atoms. The van der Waals surface area contributed by atoms with E-state index in [1.54, 1.807) is 14.2 Å². The number of ether oxygens (including phenoxy) is 4. The molecule has 1 aromatic rings. The molecule has 0 amide bonds. The van der Waals surface area contributed by atoms with Crippen LogP contribution >= 0.6 is 15.9 Å². The molecule has 0 unspecified atom stereocenters. The Morgan fingerprint density at radius 2 is 1.88 bits per heavy atom. The molecule has 1 aromatic carbocycles. The van der Waals surface area contributed by atoms with Crippen LogP contribution in [0.5, 0.6) is 0 Å². The van der Waals surface area contributed by atoms with E-state index in [2.05, 4.69) is 15.9 Å². The Kier molecular flexibility index (Phi) is 4.53. The predicted molar refractivity (Wildman–Crippen MR) is 65.5 cm³/mol. The van der Waals surface area contributed by atoms with Gasteiger partial charge in [-0.05, 0) is 15.9 Å². The summed E-state index contributed by atoms with van der Waals surface area (Å²) in [6.07, 6.45) is -0.704. The van der Waals surface area contributed by atoms with Gasteiger partial charge in [-0.25, -0.2) is 0 Å². The Bertz CT molecular complexity index is 353. The van der Waals surface area contributed by atoms with Crippen LogP contribution < -0.4 is 0 Å². The number of benzene rings is 1. The van der Waals surface area contributed by atoms with E-state index in [0.29, 0.717) is 13.2 Å². The minimum Gasteiger partial charge on any atom is -0.352 e. The van der Waals surface area contributed by atoms with Crippen molar-refractivity contribution < 1.29 is 18.9 Å². The van der Waals surface area contributed by atoms with Gasteiger partial charge in [-0.15, -0.1) is 0 Å². The third kappa shape index (κ3) is 2.69. The van der Waals surface area contributed by atoms with Crippen LogP contribution in [0.3, 0.4) is 0 Å². The molecule has 0 atom stereocenters. The molecule has 0 aromatic heterocycles. The van der Waals surface area contributed by atoms with Crippen molar-refractivity contribution in [3.63, 3.8) is 0 Å². The second-order valence-electron chi connectivity index (χ2n) is 3.63. The Labute approximate surface area is 109 Å². The zero-order valence-electron chi connectivity index (χ0n) is 9.81. The fraction of sp³-hybridized carbons (Fsp3) is 0.500. The highest BCUT2D eigenvalue weighted by Crippen LogP contribution is 2.35. The summed E-state index contributed by atoms with van der Waals surface area (Å²) in [5.41, 5.74) is 1.88. The van der Waals surface area contributed by atoms with Crippen LogP contribution in [0.1, 0.15) is 23.7 Å². The van der Waals surface area contributed by atoms with Crippen molar-refractivity contribution in [3.05, 3.63) is 33.8 Å². The van der Waals surface area contributed by atoms with Crippen LogP contribution in [0.2, 0.25) is 0 Å². The van der Waals surface area contributed by atoms with Gasteiger partial charge in [0.25, 0.3) is 0 Å². The Morgan fingerprint density at radius 1 is 1.24 bits per heavy atom. The molecule has 4 nitrogen and oxygen atoms in total. The zero-order valence-corrected chi connectivity index (χ0v) is 11.4. The van der Waals surface area contributed by atoms with Gasteiger partial charge in [0, 0.05) is 29.8 Å². The average molecular weight is 303 g/mol. The van der Waals surface area contributed by atoms with Crippen molar-refractivity contribution in [2.75, 3.05) is 27.4 Å². The van der Waals surface area contributed by atoms with Crippen LogP contribution in [-0.2, 0) is 18.9 Å². The maximum atomic E-state index is 5.49. The predicted octanol–water partition coefficient (Wildman–Crippen LogP) is 2.79. The third-order valence-corrected chi connectivity index (χ3v) is 3.53. The Hall–Kier alpha value is -0.460.